The molecule has 0 aliphatic carbocycles. The summed E-state index contributed by atoms with van der Waals surface area (Å²) in [6, 6.07) is 21.0. The van der Waals surface area contributed by atoms with Gasteiger partial charge in [0.2, 0.25) is 9.84 Å². The van der Waals surface area contributed by atoms with Crippen LogP contribution in [0.25, 0.3) is 11.1 Å². The largest absolute Gasteiger partial charge is 0.256 e. The van der Waals surface area contributed by atoms with Gasteiger partial charge in [0.1, 0.15) is 0 Å². The number of nitrogens with zero attached hydrogens (tertiary/aromatic N) is 1. The summed E-state index contributed by atoms with van der Waals surface area (Å²) in [6.45, 7) is 2.08. The van der Waals surface area contributed by atoms with Gasteiger partial charge in [-0.05, 0) is 41.3 Å². The molecule has 0 fully saturated rings. The van der Waals surface area contributed by atoms with Crippen LogP contribution in [-0.4, -0.2) is 14.1 Å². The summed E-state index contributed by atoms with van der Waals surface area (Å²) in [5.74, 6) is -0.0467. The Bertz CT molecular complexity index is 1180. The summed E-state index contributed by atoms with van der Waals surface area (Å²) >= 11 is 0. The highest BCUT2D eigenvalue weighted by Crippen LogP contribution is 2.51. The fourth-order valence-electron chi connectivity index (χ4n) is 4.10. The van der Waals surface area contributed by atoms with E-state index in [1.165, 1.54) is 0 Å². The van der Waals surface area contributed by atoms with Crippen LogP contribution in [0.15, 0.2) is 81.5 Å². The summed E-state index contributed by atoms with van der Waals surface area (Å²) in [5, 5.41) is 0. The maximum Gasteiger partial charge on any atom is 0.207 e. The van der Waals surface area contributed by atoms with Crippen molar-refractivity contribution in [2.45, 2.75) is 29.1 Å². The van der Waals surface area contributed by atoms with Crippen molar-refractivity contribution in [1.29, 1.82) is 0 Å². The van der Waals surface area contributed by atoms with Crippen LogP contribution >= 0.6 is 0 Å². The van der Waals surface area contributed by atoms with E-state index in [4.69, 9.17) is 4.99 Å². The fourth-order valence-corrected chi connectivity index (χ4v) is 5.89. The molecule has 0 bridgehead atoms. The minimum absolute atomic E-state index is 0.0467. The molecular weight excluding hydrogens is 342 g/mol. The van der Waals surface area contributed by atoms with Crippen LogP contribution in [-0.2, 0) is 9.84 Å². The number of fused-ring (bicyclic) bond motifs is 2. The predicted molar refractivity (Wildman–Crippen MR) is 103 cm³/mol. The van der Waals surface area contributed by atoms with Crippen LogP contribution in [0.1, 0.15) is 30.4 Å². The van der Waals surface area contributed by atoms with Crippen molar-refractivity contribution in [1.82, 2.24) is 0 Å². The van der Waals surface area contributed by atoms with Crippen LogP contribution in [0, 0.1) is 0 Å². The number of hydrogen-bond donors (Lipinski definition) is 0. The lowest BCUT2D eigenvalue weighted by Crippen LogP contribution is -2.21. The molecule has 1 atom stereocenters. The second-order valence-corrected chi connectivity index (χ2v) is 8.59. The van der Waals surface area contributed by atoms with Crippen molar-refractivity contribution in [2.24, 2.45) is 4.99 Å². The Morgan fingerprint density at radius 2 is 1.62 bits per heavy atom. The molecule has 3 aromatic carbocycles. The molecule has 0 amide bonds. The van der Waals surface area contributed by atoms with E-state index in [2.05, 4.69) is 6.92 Å². The molecule has 0 radical (unpaired) electrons. The van der Waals surface area contributed by atoms with E-state index < -0.39 is 9.84 Å². The summed E-state index contributed by atoms with van der Waals surface area (Å²) in [4.78, 5) is 5.65. The van der Waals surface area contributed by atoms with E-state index in [-0.39, 0.29) is 5.92 Å². The normalized spacial score (nSPS) is 18.8. The van der Waals surface area contributed by atoms with Crippen molar-refractivity contribution < 1.29 is 8.42 Å². The van der Waals surface area contributed by atoms with Crippen molar-refractivity contribution in [3.63, 3.8) is 0 Å². The third-order valence-electron chi connectivity index (χ3n) is 5.28. The second-order valence-electron chi connectivity index (χ2n) is 6.70. The molecule has 3 nitrogen and oxygen atoms in total. The Morgan fingerprint density at radius 3 is 2.38 bits per heavy atom. The van der Waals surface area contributed by atoms with E-state index in [0.29, 0.717) is 9.79 Å². The number of benzene rings is 3. The lowest BCUT2D eigenvalue weighted by atomic mass is 9.86. The average Bonchev–Trinajstić information content (AvgIpc) is 3.05. The molecule has 2 aliphatic heterocycles. The van der Waals surface area contributed by atoms with Gasteiger partial charge in [0.25, 0.3) is 0 Å². The minimum Gasteiger partial charge on any atom is -0.256 e. The van der Waals surface area contributed by atoms with Crippen LogP contribution in [0.5, 0.6) is 0 Å². The fraction of sp³-hybridized carbons (Fsp3) is 0.136. The maximum atomic E-state index is 13.3. The van der Waals surface area contributed by atoms with Gasteiger partial charge >= 0.3 is 0 Å². The smallest absolute Gasteiger partial charge is 0.207 e. The lowest BCUT2D eigenvalue weighted by Gasteiger charge is -2.26. The molecule has 0 N–H and O–H groups in total. The number of sulfone groups is 1. The molecule has 2 aliphatic rings. The van der Waals surface area contributed by atoms with E-state index in [0.717, 1.165) is 40.1 Å². The number of aliphatic imine (C=N–C) groups is 1. The highest BCUT2D eigenvalue weighted by atomic mass is 32.2. The number of hydrogen-bond acceptors (Lipinski definition) is 3. The highest BCUT2D eigenvalue weighted by molar-refractivity contribution is 7.91. The molecule has 3 aromatic rings. The molecule has 4 heteroatoms. The predicted octanol–water partition coefficient (Wildman–Crippen LogP) is 5.13. The minimum atomic E-state index is -3.55. The highest BCUT2D eigenvalue weighted by Gasteiger charge is 2.42. The molecule has 0 saturated heterocycles. The topological polar surface area (TPSA) is 46.5 Å². The average molecular weight is 359 g/mol. The second kappa shape index (κ2) is 5.39. The monoisotopic (exact) mass is 359 g/mol. The van der Waals surface area contributed by atoms with Gasteiger partial charge in [-0.15, -0.1) is 0 Å². The van der Waals surface area contributed by atoms with Crippen LogP contribution in [0.2, 0.25) is 0 Å². The van der Waals surface area contributed by atoms with Gasteiger partial charge in [-0.2, -0.15) is 0 Å². The Morgan fingerprint density at radius 1 is 0.885 bits per heavy atom. The zero-order chi connectivity index (χ0) is 17.9. The van der Waals surface area contributed by atoms with E-state index in [1.54, 1.807) is 12.1 Å². The van der Waals surface area contributed by atoms with Gasteiger partial charge in [-0.1, -0.05) is 55.5 Å². The Labute approximate surface area is 153 Å². The third-order valence-corrected chi connectivity index (χ3v) is 7.15. The van der Waals surface area contributed by atoms with Gasteiger partial charge < -0.3 is 0 Å². The summed E-state index contributed by atoms with van der Waals surface area (Å²) in [7, 11) is -3.55. The Balaban J connectivity index is 1.86. The Kier molecular flexibility index (Phi) is 3.22. The number of rotatable bonds is 2. The lowest BCUT2D eigenvalue weighted by molar-refractivity contribution is 0.591. The Hall–Kier alpha value is -2.72. The van der Waals surface area contributed by atoms with E-state index in [1.807, 2.05) is 54.6 Å². The third kappa shape index (κ3) is 1.99. The molecule has 0 aromatic heterocycles. The van der Waals surface area contributed by atoms with E-state index in [9.17, 15) is 8.42 Å². The standard InChI is InChI=1S/C22H17NO2S/c1-2-17-21-16-10-6-7-11-19(16)26(24,25)20-13-15(12-18(23-17)22(20)21)14-8-4-3-5-9-14/h3-13,21H,2H2,1H3. The van der Waals surface area contributed by atoms with Gasteiger partial charge in [0, 0.05) is 11.3 Å². The van der Waals surface area contributed by atoms with Crippen LogP contribution in [0.4, 0.5) is 5.69 Å². The van der Waals surface area contributed by atoms with Crippen molar-refractivity contribution in [3.05, 3.63) is 77.9 Å². The van der Waals surface area contributed by atoms with Gasteiger partial charge in [0.05, 0.1) is 21.4 Å². The van der Waals surface area contributed by atoms with Crippen molar-refractivity contribution in [3.8, 4) is 11.1 Å². The maximum absolute atomic E-state index is 13.3. The van der Waals surface area contributed by atoms with Crippen molar-refractivity contribution in [2.75, 3.05) is 0 Å². The summed E-state index contributed by atoms with van der Waals surface area (Å²) in [5.41, 5.74) is 5.42. The molecule has 0 saturated carbocycles. The molecule has 128 valence electrons. The first kappa shape index (κ1) is 15.5. The summed E-state index contributed by atoms with van der Waals surface area (Å²) in [6.07, 6.45) is 0.799. The SMILES string of the molecule is CCC1=Nc2cc(-c3ccccc3)cc3c2C1c1ccccc1S3(=O)=O. The first-order chi connectivity index (χ1) is 12.6. The molecule has 0 spiro atoms. The quantitative estimate of drug-likeness (QED) is 0.637. The summed E-state index contributed by atoms with van der Waals surface area (Å²) < 4.78 is 26.7. The van der Waals surface area contributed by atoms with Crippen molar-refractivity contribution >= 4 is 21.2 Å². The molecule has 26 heavy (non-hydrogen) atoms. The van der Waals surface area contributed by atoms with Gasteiger partial charge in [-0.25, -0.2) is 8.42 Å². The van der Waals surface area contributed by atoms with E-state index >= 15 is 0 Å². The first-order valence-corrected chi connectivity index (χ1v) is 10.2. The first-order valence-electron chi connectivity index (χ1n) is 8.76. The zero-order valence-corrected chi connectivity index (χ0v) is 15.1. The molecule has 2 heterocycles. The zero-order valence-electron chi connectivity index (χ0n) is 14.3. The molecule has 5 rings (SSSR count). The van der Waals surface area contributed by atoms with Gasteiger partial charge in [-0.3, -0.25) is 4.99 Å². The van der Waals surface area contributed by atoms with Crippen LogP contribution < -0.4 is 0 Å². The van der Waals surface area contributed by atoms with Crippen LogP contribution in [0.3, 0.4) is 0 Å². The molecule has 1 unspecified atom stereocenters. The van der Waals surface area contributed by atoms with Gasteiger partial charge in [0.15, 0.2) is 0 Å². The molecular formula is C22H17NO2S.